The van der Waals surface area contributed by atoms with Crippen LogP contribution in [0.1, 0.15) is 16.7 Å². The average Bonchev–Trinajstić information content (AvgIpc) is 2.63. The Hall–Kier alpha value is -1.07. The fraction of sp³-hybridized carbons (Fsp3) is 0.400. The number of ether oxygens (including phenoxy) is 1. The monoisotopic (exact) mass is 422 g/mol. The molecular formula is C20H24BrClN2O. The Bertz CT molecular complexity index is 717. The normalized spacial score (nSPS) is 15.3. The van der Waals surface area contributed by atoms with Crippen LogP contribution in [0.25, 0.3) is 0 Å². The molecule has 0 aliphatic carbocycles. The van der Waals surface area contributed by atoms with Crippen molar-refractivity contribution in [1.29, 1.82) is 0 Å². The molecule has 0 amide bonds. The van der Waals surface area contributed by atoms with Gasteiger partial charge in [-0.1, -0.05) is 39.7 Å². The van der Waals surface area contributed by atoms with Gasteiger partial charge in [0.2, 0.25) is 0 Å². The van der Waals surface area contributed by atoms with Crippen molar-refractivity contribution in [2.75, 3.05) is 33.3 Å². The van der Waals surface area contributed by atoms with Crippen LogP contribution in [-0.2, 0) is 19.4 Å². The first-order valence-corrected chi connectivity index (χ1v) is 9.86. The summed E-state index contributed by atoms with van der Waals surface area (Å²) in [5.41, 5.74) is 3.80. The molecule has 1 fully saturated rings. The zero-order valence-electron chi connectivity index (χ0n) is 14.5. The van der Waals surface area contributed by atoms with Crippen molar-refractivity contribution in [3.63, 3.8) is 0 Å². The predicted molar refractivity (Wildman–Crippen MR) is 108 cm³/mol. The summed E-state index contributed by atoms with van der Waals surface area (Å²) in [7, 11) is 1.72. The lowest BCUT2D eigenvalue weighted by Gasteiger charge is -2.28. The highest BCUT2D eigenvalue weighted by Gasteiger charge is 2.15. The van der Waals surface area contributed by atoms with E-state index in [1.165, 1.54) is 16.7 Å². The SMILES string of the molecule is COc1ccc(Br)cc1CCc1cccc(Cl)c1CN1CCNCC1. The van der Waals surface area contributed by atoms with E-state index in [2.05, 4.69) is 44.3 Å². The van der Waals surface area contributed by atoms with Crippen LogP contribution in [0.2, 0.25) is 5.02 Å². The molecule has 0 radical (unpaired) electrons. The molecular weight excluding hydrogens is 400 g/mol. The van der Waals surface area contributed by atoms with Gasteiger partial charge in [-0.05, 0) is 53.8 Å². The fourth-order valence-electron chi connectivity index (χ4n) is 3.32. The molecule has 1 heterocycles. The summed E-state index contributed by atoms with van der Waals surface area (Å²) in [6, 6.07) is 12.4. The Kier molecular flexibility index (Phi) is 6.77. The van der Waals surface area contributed by atoms with Crippen molar-refractivity contribution in [1.82, 2.24) is 10.2 Å². The maximum atomic E-state index is 6.54. The Morgan fingerprint density at radius 2 is 1.88 bits per heavy atom. The van der Waals surface area contributed by atoms with Crippen molar-refractivity contribution in [2.45, 2.75) is 19.4 Å². The molecule has 0 saturated carbocycles. The number of aryl methyl sites for hydroxylation is 2. The summed E-state index contributed by atoms with van der Waals surface area (Å²) in [6.45, 7) is 5.17. The Morgan fingerprint density at radius 3 is 2.64 bits per heavy atom. The van der Waals surface area contributed by atoms with Crippen molar-refractivity contribution in [2.24, 2.45) is 0 Å². The van der Waals surface area contributed by atoms with Crippen LogP contribution >= 0.6 is 27.5 Å². The first kappa shape index (κ1) is 18.7. The van der Waals surface area contributed by atoms with Gasteiger partial charge in [0.15, 0.2) is 0 Å². The fourth-order valence-corrected chi connectivity index (χ4v) is 3.98. The largest absolute Gasteiger partial charge is 0.496 e. The zero-order chi connectivity index (χ0) is 17.6. The Morgan fingerprint density at radius 1 is 1.12 bits per heavy atom. The molecule has 134 valence electrons. The maximum Gasteiger partial charge on any atom is 0.122 e. The first-order valence-electron chi connectivity index (χ1n) is 8.69. The third-order valence-electron chi connectivity index (χ3n) is 4.71. The van der Waals surface area contributed by atoms with Gasteiger partial charge in [0, 0.05) is 42.2 Å². The minimum atomic E-state index is 0.872. The summed E-state index contributed by atoms with van der Waals surface area (Å²) < 4.78 is 6.58. The Balaban J connectivity index is 1.76. The molecule has 25 heavy (non-hydrogen) atoms. The van der Waals surface area contributed by atoms with Crippen LogP contribution in [0, 0.1) is 0 Å². The first-order chi connectivity index (χ1) is 12.2. The molecule has 0 aromatic heterocycles. The molecule has 2 aromatic carbocycles. The van der Waals surface area contributed by atoms with Gasteiger partial charge < -0.3 is 10.1 Å². The van der Waals surface area contributed by atoms with E-state index in [0.717, 1.165) is 60.8 Å². The van der Waals surface area contributed by atoms with Gasteiger partial charge in [0.1, 0.15) is 5.75 Å². The highest BCUT2D eigenvalue weighted by atomic mass is 79.9. The summed E-state index contributed by atoms with van der Waals surface area (Å²) >= 11 is 10.1. The van der Waals surface area contributed by atoms with Gasteiger partial charge in [-0.3, -0.25) is 4.90 Å². The molecule has 1 aliphatic rings. The smallest absolute Gasteiger partial charge is 0.122 e. The number of halogens is 2. The number of nitrogens with zero attached hydrogens (tertiary/aromatic N) is 1. The van der Waals surface area contributed by atoms with Crippen LogP contribution in [0.5, 0.6) is 5.75 Å². The number of piperazine rings is 1. The quantitative estimate of drug-likeness (QED) is 0.749. The van der Waals surface area contributed by atoms with Gasteiger partial charge in [-0.15, -0.1) is 0 Å². The second-order valence-corrected chi connectivity index (χ2v) is 7.68. The molecule has 1 saturated heterocycles. The topological polar surface area (TPSA) is 24.5 Å². The average molecular weight is 424 g/mol. The molecule has 2 aromatic rings. The van der Waals surface area contributed by atoms with Crippen LogP contribution in [-0.4, -0.2) is 38.2 Å². The predicted octanol–water partition coefficient (Wildman–Crippen LogP) is 4.30. The van der Waals surface area contributed by atoms with Gasteiger partial charge in [-0.25, -0.2) is 0 Å². The molecule has 5 heteroatoms. The van der Waals surface area contributed by atoms with E-state index >= 15 is 0 Å². The van der Waals surface area contributed by atoms with Gasteiger partial charge in [0.05, 0.1) is 7.11 Å². The van der Waals surface area contributed by atoms with Gasteiger partial charge in [-0.2, -0.15) is 0 Å². The number of rotatable bonds is 6. The second-order valence-electron chi connectivity index (χ2n) is 6.36. The molecule has 1 aliphatic heterocycles. The number of nitrogens with one attached hydrogen (secondary N) is 1. The number of methoxy groups -OCH3 is 1. The lowest BCUT2D eigenvalue weighted by atomic mass is 9.98. The highest BCUT2D eigenvalue weighted by Crippen LogP contribution is 2.27. The zero-order valence-corrected chi connectivity index (χ0v) is 16.9. The standard InChI is InChI=1S/C20H24BrClN2O/c1-25-20-8-7-17(21)13-16(20)6-5-15-3-2-4-19(22)18(15)14-24-11-9-23-10-12-24/h2-4,7-8,13,23H,5-6,9-12,14H2,1H3. The molecule has 3 nitrogen and oxygen atoms in total. The summed E-state index contributed by atoms with van der Waals surface area (Å²) in [5, 5.41) is 4.27. The summed E-state index contributed by atoms with van der Waals surface area (Å²) in [6.07, 6.45) is 1.88. The van der Waals surface area contributed by atoms with Crippen molar-refractivity contribution in [3.8, 4) is 5.75 Å². The van der Waals surface area contributed by atoms with E-state index in [4.69, 9.17) is 16.3 Å². The minimum absolute atomic E-state index is 0.872. The number of benzene rings is 2. The molecule has 0 bridgehead atoms. The third kappa shape index (κ3) is 4.98. The summed E-state index contributed by atoms with van der Waals surface area (Å²) in [5.74, 6) is 0.939. The Labute approximate surface area is 163 Å². The lowest BCUT2D eigenvalue weighted by Crippen LogP contribution is -2.43. The molecule has 0 spiro atoms. The maximum absolute atomic E-state index is 6.54. The van der Waals surface area contributed by atoms with Crippen LogP contribution in [0.3, 0.4) is 0 Å². The lowest BCUT2D eigenvalue weighted by molar-refractivity contribution is 0.232. The van der Waals surface area contributed by atoms with Crippen LogP contribution < -0.4 is 10.1 Å². The summed E-state index contributed by atoms with van der Waals surface area (Å²) in [4.78, 5) is 2.47. The van der Waals surface area contributed by atoms with E-state index in [-0.39, 0.29) is 0 Å². The molecule has 3 rings (SSSR count). The highest BCUT2D eigenvalue weighted by molar-refractivity contribution is 9.10. The third-order valence-corrected chi connectivity index (χ3v) is 5.56. The van der Waals surface area contributed by atoms with Crippen molar-refractivity contribution in [3.05, 3.63) is 62.6 Å². The molecule has 0 unspecified atom stereocenters. The van der Waals surface area contributed by atoms with Crippen molar-refractivity contribution < 1.29 is 4.74 Å². The van der Waals surface area contributed by atoms with E-state index in [0.29, 0.717) is 0 Å². The number of hydrogen-bond donors (Lipinski definition) is 1. The number of hydrogen-bond acceptors (Lipinski definition) is 3. The molecule has 0 atom stereocenters. The second kappa shape index (κ2) is 9.04. The van der Waals surface area contributed by atoms with Crippen LogP contribution in [0.15, 0.2) is 40.9 Å². The van der Waals surface area contributed by atoms with E-state index in [1.807, 2.05) is 18.2 Å². The van der Waals surface area contributed by atoms with E-state index in [9.17, 15) is 0 Å². The van der Waals surface area contributed by atoms with Gasteiger partial charge in [0.25, 0.3) is 0 Å². The minimum Gasteiger partial charge on any atom is -0.496 e. The van der Waals surface area contributed by atoms with E-state index in [1.54, 1.807) is 7.11 Å². The molecule has 1 N–H and O–H groups in total. The van der Waals surface area contributed by atoms with Gasteiger partial charge >= 0.3 is 0 Å². The van der Waals surface area contributed by atoms with Crippen LogP contribution in [0.4, 0.5) is 0 Å². The van der Waals surface area contributed by atoms with Crippen molar-refractivity contribution >= 4 is 27.5 Å². The van der Waals surface area contributed by atoms with E-state index < -0.39 is 0 Å².